The summed E-state index contributed by atoms with van der Waals surface area (Å²) in [5.41, 5.74) is 1.97. The molecule has 1 N–H and O–H groups in total. The number of hydrogen-bond donors (Lipinski definition) is 1. The lowest BCUT2D eigenvalue weighted by Gasteiger charge is -2.02. The van der Waals surface area contributed by atoms with Gasteiger partial charge in [0, 0.05) is 10.9 Å². The molecule has 1 heterocycles. The fraction of sp³-hybridized carbons (Fsp3) is 0.333. The Morgan fingerprint density at radius 2 is 1.88 bits per heavy atom. The highest BCUT2D eigenvalue weighted by Gasteiger charge is 2.32. The summed E-state index contributed by atoms with van der Waals surface area (Å²) < 4.78 is 37.4. The lowest BCUT2D eigenvalue weighted by Crippen LogP contribution is -2.04. The van der Waals surface area contributed by atoms with E-state index >= 15 is 0 Å². The molecule has 0 amide bonds. The van der Waals surface area contributed by atoms with Crippen LogP contribution in [0.5, 0.6) is 0 Å². The number of hydrogen-bond acceptors (Lipinski definition) is 0. The maximum Gasteiger partial charge on any atom is 0.431 e. The number of aromatic amines is 1. The topological polar surface area (TPSA) is 15.8 Å². The van der Waals surface area contributed by atoms with E-state index in [0.717, 1.165) is 23.6 Å². The SMILES string of the molecule is CCc1cc2[nH]c(C(F)(F)F)cc2cc1C. The van der Waals surface area contributed by atoms with Crippen LogP contribution in [0.25, 0.3) is 10.9 Å². The van der Waals surface area contributed by atoms with Crippen LogP contribution >= 0.6 is 0 Å². The number of halogens is 3. The Kier molecular flexibility index (Phi) is 2.45. The molecule has 0 aliphatic rings. The average Bonchev–Trinajstić information content (AvgIpc) is 2.58. The van der Waals surface area contributed by atoms with Gasteiger partial charge in [-0.25, -0.2) is 0 Å². The molecule has 1 aromatic heterocycles. The minimum absolute atomic E-state index is 0.551. The Labute approximate surface area is 91.3 Å². The zero-order valence-electron chi connectivity index (χ0n) is 9.07. The van der Waals surface area contributed by atoms with Gasteiger partial charge in [0.2, 0.25) is 0 Å². The van der Waals surface area contributed by atoms with Gasteiger partial charge in [0.25, 0.3) is 0 Å². The summed E-state index contributed by atoms with van der Waals surface area (Å²) >= 11 is 0. The van der Waals surface area contributed by atoms with Crippen LogP contribution in [0.15, 0.2) is 18.2 Å². The van der Waals surface area contributed by atoms with Gasteiger partial charge in [0.15, 0.2) is 0 Å². The molecule has 86 valence electrons. The summed E-state index contributed by atoms with van der Waals surface area (Å²) in [6.45, 7) is 3.90. The van der Waals surface area contributed by atoms with Crippen molar-refractivity contribution in [2.24, 2.45) is 0 Å². The first-order valence-electron chi connectivity index (χ1n) is 5.11. The van der Waals surface area contributed by atoms with E-state index in [1.165, 1.54) is 0 Å². The van der Waals surface area contributed by atoms with Crippen LogP contribution in [-0.2, 0) is 12.6 Å². The van der Waals surface area contributed by atoms with Crippen molar-refractivity contribution in [3.63, 3.8) is 0 Å². The van der Waals surface area contributed by atoms with Crippen molar-refractivity contribution in [3.05, 3.63) is 35.0 Å². The van der Waals surface area contributed by atoms with Crippen molar-refractivity contribution in [1.29, 1.82) is 0 Å². The second-order valence-corrected chi connectivity index (χ2v) is 3.90. The number of alkyl halides is 3. The number of rotatable bonds is 1. The van der Waals surface area contributed by atoms with Gasteiger partial charge in [-0.15, -0.1) is 0 Å². The van der Waals surface area contributed by atoms with E-state index < -0.39 is 11.9 Å². The lowest BCUT2D eigenvalue weighted by molar-refractivity contribution is -0.140. The molecule has 0 aliphatic heterocycles. The molecule has 1 aromatic carbocycles. The quantitative estimate of drug-likeness (QED) is 0.756. The Morgan fingerprint density at radius 3 is 2.44 bits per heavy atom. The molecule has 2 aromatic rings. The summed E-state index contributed by atoms with van der Waals surface area (Å²) in [7, 11) is 0. The van der Waals surface area contributed by atoms with E-state index in [1.807, 2.05) is 13.8 Å². The average molecular weight is 227 g/mol. The van der Waals surface area contributed by atoms with Crippen LogP contribution in [0.3, 0.4) is 0 Å². The number of aryl methyl sites for hydroxylation is 2. The van der Waals surface area contributed by atoms with Crippen molar-refractivity contribution in [2.75, 3.05) is 0 Å². The van der Waals surface area contributed by atoms with Crippen LogP contribution in [0.2, 0.25) is 0 Å². The molecule has 0 saturated carbocycles. The van der Waals surface area contributed by atoms with Crippen LogP contribution in [0.1, 0.15) is 23.7 Å². The van der Waals surface area contributed by atoms with Gasteiger partial charge in [-0.2, -0.15) is 13.2 Å². The van der Waals surface area contributed by atoms with Crippen molar-refractivity contribution >= 4 is 10.9 Å². The van der Waals surface area contributed by atoms with Gasteiger partial charge in [0.1, 0.15) is 5.69 Å². The van der Waals surface area contributed by atoms with E-state index in [2.05, 4.69) is 4.98 Å². The molecule has 0 unspecified atom stereocenters. The molecule has 0 aliphatic carbocycles. The van der Waals surface area contributed by atoms with E-state index in [1.54, 1.807) is 12.1 Å². The van der Waals surface area contributed by atoms with Crippen LogP contribution in [0, 0.1) is 6.92 Å². The molecule has 2 rings (SSSR count). The predicted molar refractivity (Wildman–Crippen MR) is 57.4 cm³/mol. The molecule has 1 nitrogen and oxygen atoms in total. The third-order valence-corrected chi connectivity index (χ3v) is 2.76. The van der Waals surface area contributed by atoms with Crippen molar-refractivity contribution in [2.45, 2.75) is 26.4 Å². The first-order chi connectivity index (χ1) is 7.41. The summed E-state index contributed by atoms with van der Waals surface area (Å²) in [4.78, 5) is 2.41. The van der Waals surface area contributed by atoms with E-state index in [9.17, 15) is 13.2 Å². The monoisotopic (exact) mass is 227 g/mol. The van der Waals surface area contributed by atoms with E-state index in [0.29, 0.717) is 10.9 Å². The molecule has 16 heavy (non-hydrogen) atoms. The number of H-pyrrole nitrogens is 1. The zero-order valence-corrected chi connectivity index (χ0v) is 9.07. The molecule has 0 bridgehead atoms. The molecule has 0 radical (unpaired) electrons. The third-order valence-electron chi connectivity index (χ3n) is 2.76. The van der Waals surface area contributed by atoms with Gasteiger partial charge < -0.3 is 4.98 Å². The van der Waals surface area contributed by atoms with E-state index in [-0.39, 0.29) is 0 Å². The standard InChI is InChI=1S/C12H12F3N/c1-3-8-5-10-9(4-7(8)2)6-11(16-10)12(13,14)15/h4-6,16H,3H2,1-2H3. The maximum absolute atomic E-state index is 12.5. The fourth-order valence-electron chi connectivity index (χ4n) is 1.87. The summed E-state index contributed by atoms with van der Waals surface area (Å²) in [5, 5.41) is 0.613. The first kappa shape index (κ1) is 11.0. The summed E-state index contributed by atoms with van der Waals surface area (Å²) in [6, 6.07) is 4.74. The number of benzene rings is 1. The zero-order chi connectivity index (χ0) is 11.9. The highest BCUT2D eigenvalue weighted by atomic mass is 19.4. The van der Waals surface area contributed by atoms with Gasteiger partial charge in [-0.1, -0.05) is 6.92 Å². The lowest BCUT2D eigenvalue weighted by atomic mass is 10.0. The molecule has 0 fully saturated rings. The Balaban J connectivity index is 2.63. The number of fused-ring (bicyclic) bond motifs is 1. The Bertz CT molecular complexity index is 523. The molecule has 0 saturated heterocycles. The van der Waals surface area contributed by atoms with Gasteiger partial charge >= 0.3 is 6.18 Å². The second-order valence-electron chi connectivity index (χ2n) is 3.90. The Hall–Kier alpha value is -1.45. The molecule has 0 atom stereocenters. The van der Waals surface area contributed by atoms with Crippen LogP contribution < -0.4 is 0 Å². The normalized spacial score (nSPS) is 12.3. The predicted octanol–water partition coefficient (Wildman–Crippen LogP) is 4.06. The van der Waals surface area contributed by atoms with Crippen LogP contribution in [-0.4, -0.2) is 4.98 Å². The van der Waals surface area contributed by atoms with Crippen molar-refractivity contribution < 1.29 is 13.2 Å². The van der Waals surface area contributed by atoms with Crippen molar-refractivity contribution in [3.8, 4) is 0 Å². The molecule has 4 heteroatoms. The fourth-order valence-corrected chi connectivity index (χ4v) is 1.87. The van der Waals surface area contributed by atoms with Gasteiger partial charge in [-0.05, 0) is 42.7 Å². The largest absolute Gasteiger partial charge is 0.431 e. The summed E-state index contributed by atoms with van der Waals surface area (Å²) in [5.74, 6) is 0. The highest BCUT2D eigenvalue weighted by molar-refractivity contribution is 5.82. The van der Waals surface area contributed by atoms with E-state index in [4.69, 9.17) is 0 Å². The van der Waals surface area contributed by atoms with Crippen molar-refractivity contribution in [1.82, 2.24) is 4.98 Å². The smallest absolute Gasteiger partial charge is 0.351 e. The maximum atomic E-state index is 12.5. The number of aromatic nitrogens is 1. The van der Waals surface area contributed by atoms with Gasteiger partial charge in [0.05, 0.1) is 0 Å². The van der Waals surface area contributed by atoms with Gasteiger partial charge in [-0.3, -0.25) is 0 Å². The number of nitrogens with one attached hydrogen (secondary N) is 1. The third kappa shape index (κ3) is 1.79. The van der Waals surface area contributed by atoms with Crippen LogP contribution in [0.4, 0.5) is 13.2 Å². The second kappa shape index (κ2) is 3.54. The summed E-state index contributed by atoms with van der Waals surface area (Å²) in [6.07, 6.45) is -3.48. The molecular formula is C12H12F3N. The first-order valence-corrected chi connectivity index (χ1v) is 5.11. The minimum Gasteiger partial charge on any atom is -0.351 e. The minimum atomic E-state index is -4.31. The highest BCUT2D eigenvalue weighted by Crippen LogP contribution is 2.32. The molecule has 0 spiro atoms. The molecular weight excluding hydrogens is 215 g/mol. The Morgan fingerprint density at radius 1 is 1.19 bits per heavy atom.